The van der Waals surface area contributed by atoms with Gasteiger partial charge in [0.25, 0.3) is 0 Å². The van der Waals surface area contributed by atoms with Crippen LogP contribution in [0.2, 0.25) is 0 Å². The highest BCUT2D eigenvalue weighted by Crippen LogP contribution is 2.31. The summed E-state index contributed by atoms with van der Waals surface area (Å²) in [5, 5.41) is 10.2. The summed E-state index contributed by atoms with van der Waals surface area (Å²) in [5.74, 6) is 1.39. The standard InChI is InChI=1S/C20H32O3/c1-5-6-7-8-9-10-18(21)17-14-20(23-4)16(13-19(17)22)12-11-15(2)3/h13-15,22H,5-12H2,1-4H3. The third kappa shape index (κ3) is 6.64. The summed E-state index contributed by atoms with van der Waals surface area (Å²) in [6.45, 7) is 6.52. The van der Waals surface area contributed by atoms with E-state index in [0.29, 0.717) is 23.7 Å². The number of hydrogen-bond donors (Lipinski definition) is 1. The molecule has 0 atom stereocenters. The number of Topliss-reactive ketones (excluding diaryl/α,β-unsaturated/α-hetero) is 1. The van der Waals surface area contributed by atoms with E-state index in [1.54, 1.807) is 19.2 Å². The van der Waals surface area contributed by atoms with Gasteiger partial charge in [0.2, 0.25) is 0 Å². The van der Waals surface area contributed by atoms with Crippen LogP contribution in [-0.4, -0.2) is 18.0 Å². The van der Waals surface area contributed by atoms with Gasteiger partial charge in [-0.15, -0.1) is 0 Å². The zero-order valence-corrected chi connectivity index (χ0v) is 15.2. The number of rotatable bonds is 11. The zero-order chi connectivity index (χ0) is 17.2. The van der Waals surface area contributed by atoms with Crippen LogP contribution in [0.25, 0.3) is 0 Å². The van der Waals surface area contributed by atoms with Gasteiger partial charge in [0.1, 0.15) is 11.5 Å². The number of ketones is 1. The second-order valence-corrected chi connectivity index (χ2v) is 6.70. The van der Waals surface area contributed by atoms with Gasteiger partial charge >= 0.3 is 0 Å². The van der Waals surface area contributed by atoms with Crippen molar-refractivity contribution in [1.82, 2.24) is 0 Å². The molecule has 130 valence electrons. The van der Waals surface area contributed by atoms with Crippen molar-refractivity contribution < 1.29 is 14.6 Å². The van der Waals surface area contributed by atoms with Crippen LogP contribution in [0.1, 0.15) is 81.6 Å². The van der Waals surface area contributed by atoms with Gasteiger partial charge < -0.3 is 9.84 Å². The van der Waals surface area contributed by atoms with E-state index in [-0.39, 0.29) is 11.5 Å². The molecule has 0 saturated heterocycles. The molecular formula is C20H32O3. The molecule has 0 bridgehead atoms. The lowest BCUT2D eigenvalue weighted by Gasteiger charge is -2.13. The Morgan fingerprint density at radius 1 is 1.17 bits per heavy atom. The number of hydrogen-bond acceptors (Lipinski definition) is 3. The van der Waals surface area contributed by atoms with E-state index in [4.69, 9.17) is 4.74 Å². The smallest absolute Gasteiger partial charge is 0.166 e. The van der Waals surface area contributed by atoms with E-state index >= 15 is 0 Å². The summed E-state index contributed by atoms with van der Waals surface area (Å²) >= 11 is 0. The Bertz CT molecular complexity index is 492. The van der Waals surface area contributed by atoms with Gasteiger partial charge in [0.05, 0.1) is 12.7 Å². The number of aromatic hydroxyl groups is 1. The fourth-order valence-corrected chi connectivity index (χ4v) is 2.69. The van der Waals surface area contributed by atoms with Crippen molar-refractivity contribution in [3.8, 4) is 11.5 Å². The van der Waals surface area contributed by atoms with Crippen LogP contribution in [0.4, 0.5) is 0 Å². The minimum Gasteiger partial charge on any atom is -0.507 e. The van der Waals surface area contributed by atoms with Crippen molar-refractivity contribution in [2.75, 3.05) is 7.11 Å². The van der Waals surface area contributed by atoms with Crippen LogP contribution in [-0.2, 0) is 6.42 Å². The van der Waals surface area contributed by atoms with Gasteiger partial charge in [0.15, 0.2) is 5.78 Å². The van der Waals surface area contributed by atoms with Crippen molar-refractivity contribution in [3.05, 3.63) is 23.3 Å². The van der Waals surface area contributed by atoms with E-state index in [9.17, 15) is 9.90 Å². The van der Waals surface area contributed by atoms with Gasteiger partial charge in [0, 0.05) is 6.42 Å². The lowest BCUT2D eigenvalue weighted by atomic mass is 9.97. The molecule has 1 rings (SSSR count). The molecule has 1 aromatic carbocycles. The molecule has 1 N–H and O–H groups in total. The fraction of sp³-hybridized carbons (Fsp3) is 0.650. The number of benzene rings is 1. The number of carbonyl (C=O) groups is 1. The maximum atomic E-state index is 12.3. The van der Waals surface area contributed by atoms with Crippen LogP contribution < -0.4 is 4.74 Å². The molecule has 0 spiro atoms. The molecule has 0 fully saturated rings. The van der Waals surface area contributed by atoms with Crippen molar-refractivity contribution in [3.63, 3.8) is 0 Å². The maximum Gasteiger partial charge on any atom is 0.166 e. The van der Waals surface area contributed by atoms with E-state index in [1.807, 2.05) is 0 Å². The Morgan fingerprint density at radius 2 is 1.87 bits per heavy atom. The van der Waals surface area contributed by atoms with E-state index in [2.05, 4.69) is 20.8 Å². The van der Waals surface area contributed by atoms with Crippen LogP contribution >= 0.6 is 0 Å². The first kappa shape index (κ1) is 19.5. The van der Waals surface area contributed by atoms with E-state index in [1.165, 1.54) is 19.3 Å². The lowest BCUT2D eigenvalue weighted by molar-refractivity contribution is 0.0976. The lowest BCUT2D eigenvalue weighted by Crippen LogP contribution is -2.03. The number of ether oxygens (including phenoxy) is 1. The molecule has 0 aliphatic rings. The Morgan fingerprint density at radius 3 is 2.48 bits per heavy atom. The van der Waals surface area contributed by atoms with Gasteiger partial charge in [-0.1, -0.05) is 46.5 Å². The summed E-state index contributed by atoms with van der Waals surface area (Å²) in [7, 11) is 1.62. The molecule has 0 aliphatic heterocycles. The molecule has 0 amide bonds. The summed E-state index contributed by atoms with van der Waals surface area (Å²) in [4.78, 5) is 12.3. The molecule has 23 heavy (non-hydrogen) atoms. The van der Waals surface area contributed by atoms with E-state index < -0.39 is 0 Å². The molecule has 0 unspecified atom stereocenters. The third-order valence-corrected chi connectivity index (χ3v) is 4.20. The van der Waals surface area contributed by atoms with Crippen molar-refractivity contribution in [1.29, 1.82) is 0 Å². The van der Waals surface area contributed by atoms with Crippen molar-refractivity contribution >= 4 is 5.78 Å². The molecule has 0 aliphatic carbocycles. The predicted molar refractivity (Wildman–Crippen MR) is 95.5 cm³/mol. The van der Waals surface area contributed by atoms with Crippen LogP contribution in [0.5, 0.6) is 11.5 Å². The average molecular weight is 320 g/mol. The van der Waals surface area contributed by atoms with Gasteiger partial charge in [-0.05, 0) is 42.9 Å². The molecule has 3 nitrogen and oxygen atoms in total. The fourth-order valence-electron chi connectivity index (χ4n) is 2.69. The first-order valence-electron chi connectivity index (χ1n) is 8.92. The van der Waals surface area contributed by atoms with Gasteiger partial charge in [-0.3, -0.25) is 4.79 Å². The van der Waals surface area contributed by atoms with E-state index in [0.717, 1.165) is 31.2 Å². The van der Waals surface area contributed by atoms with Gasteiger partial charge in [-0.2, -0.15) is 0 Å². The monoisotopic (exact) mass is 320 g/mol. The topological polar surface area (TPSA) is 46.5 Å². The molecule has 0 heterocycles. The highest BCUT2D eigenvalue weighted by Gasteiger charge is 2.16. The Kier molecular flexibility index (Phi) is 8.75. The van der Waals surface area contributed by atoms with Crippen molar-refractivity contribution in [2.24, 2.45) is 5.92 Å². The number of unbranched alkanes of at least 4 members (excludes halogenated alkanes) is 4. The van der Waals surface area contributed by atoms with Gasteiger partial charge in [-0.25, -0.2) is 0 Å². The quantitative estimate of drug-likeness (QED) is 0.430. The first-order chi connectivity index (χ1) is 11.0. The summed E-state index contributed by atoms with van der Waals surface area (Å²) in [6, 6.07) is 3.41. The highest BCUT2D eigenvalue weighted by atomic mass is 16.5. The molecule has 3 heteroatoms. The Hall–Kier alpha value is -1.51. The SMILES string of the molecule is CCCCCCCC(=O)c1cc(OC)c(CCC(C)C)cc1O. The largest absolute Gasteiger partial charge is 0.507 e. The van der Waals surface area contributed by atoms with Crippen LogP contribution in [0.15, 0.2) is 12.1 Å². The van der Waals surface area contributed by atoms with Crippen LogP contribution in [0, 0.1) is 5.92 Å². The number of aryl methyl sites for hydroxylation is 1. The molecule has 0 aromatic heterocycles. The summed E-state index contributed by atoms with van der Waals surface area (Å²) in [5.41, 5.74) is 1.36. The number of phenols is 1. The molecule has 0 radical (unpaired) electrons. The number of methoxy groups -OCH3 is 1. The highest BCUT2D eigenvalue weighted by molar-refractivity contribution is 5.99. The molecular weight excluding hydrogens is 288 g/mol. The third-order valence-electron chi connectivity index (χ3n) is 4.20. The minimum absolute atomic E-state index is 0.00714. The average Bonchev–Trinajstić information content (AvgIpc) is 2.52. The second kappa shape index (κ2) is 10.3. The van der Waals surface area contributed by atoms with Crippen molar-refractivity contribution in [2.45, 2.75) is 72.1 Å². The Labute approximate surface area is 141 Å². The molecule has 0 saturated carbocycles. The molecule has 1 aromatic rings. The minimum atomic E-state index is 0.00714. The van der Waals surface area contributed by atoms with Crippen LogP contribution in [0.3, 0.4) is 0 Å². The Balaban J connectivity index is 2.73. The number of carbonyl (C=O) groups excluding carboxylic acids is 1. The predicted octanol–water partition coefficient (Wildman–Crippen LogP) is 5.53. The zero-order valence-electron chi connectivity index (χ0n) is 15.2. The first-order valence-corrected chi connectivity index (χ1v) is 8.92. The summed E-state index contributed by atoms with van der Waals surface area (Å²) < 4.78 is 5.42. The normalized spacial score (nSPS) is 11.0. The second-order valence-electron chi connectivity index (χ2n) is 6.70. The maximum absolute atomic E-state index is 12.3. The summed E-state index contributed by atoms with van der Waals surface area (Å²) in [6.07, 6.45) is 7.92. The number of phenolic OH excluding ortho intramolecular Hbond substituents is 1.